The molecule has 0 unspecified atom stereocenters. The highest BCUT2D eigenvalue weighted by Gasteiger charge is 2.30. The molecule has 12 heteroatoms. The van der Waals surface area contributed by atoms with Gasteiger partial charge in [-0.05, 0) is 102 Å². The Balaban J connectivity index is 1.74. The van der Waals surface area contributed by atoms with Crippen LogP contribution in [0.1, 0.15) is 77.5 Å². The molecule has 0 bridgehead atoms. The van der Waals surface area contributed by atoms with Gasteiger partial charge in [-0.25, -0.2) is 14.6 Å². The number of hydrogen-bond donors (Lipinski definition) is 0. The zero-order valence-corrected chi connectivity index (χ0v) is 26.7. The van der Waals surface area contributed by atoms with E-state index in [1.165, 1.54) is 12.1 Å². The fraction of sp³-hybridized carbons (Fsp3) is 0.424. The predicted octanol–water partition coefficient (Wildman–Crippen LogP) is 9.15. The van der Waals surface area contributed by atoms with Gasteiger partial charge in [0.05, 0.1) is 12.1 Å². The van der Waals surface area contributed by atoms with Crippen LogP contribution in [0, 0.1) is 6.92 Å². The normalized spacial score (nSPS) is 12.5. The SMILES string of the molecule is CC/C(=C\CN(OC(=O)OC(C)(C)C)C(=O)OC(C)(C)C)c1cccc(OCc2nc(-c3ccc(C(F)(F)F)cc3)oc2C)c1. The van der Waals surface area contributed by atoms with Gasteiger partial charge in [0.2, 0.25) is 5.89 Å². The van der Waals surface area contributed by atoms with Crippen LogP contribution >= 0.6 is 0 Å². The number of oxazole rings is 1. The number of allylic oxidation sites excluding steroid dienone is 1. The predicted molar refractivity (Wildman–Crippen MR) is 161 cm³/mol. The van der Waals surface area contributed by atoms with E-state index in [1.807, 2.05) is 19.1 Å². The summed E-state index contributed by atoms with van der Waals surface area (Å²) in [7, 11) is 0. The number of carbonyl (C=O) groups is 2. The van der Waals surface area contributed by atoms with E-state index in [2.05, 4.69) is 4.98 Å². The first kappa shape index (κ1) is 35.0. The largest absolute Gasteiger partial charge is 0.534 e. The van der Waals surface area contributed by atoms with Gasteiger partial charge in [0, 0.05) is 5.56 Å². The quantitative estimate of drug-likeness (QED) is 0.179. The number of hydroxylamine groups is 2. The van der Waals surface area contributed by atoms with Gasteiger partial charge < -0.3 is 18.6 Å². The molecule has 0 saturated heterocycles. The minimum absolute atomic E-state index is 0.0563. The van der Waals surface area contributed by atoms with Crippen LogP contribution in [0.5, 0.6) is 5.75 Å². The minimum Gasteiger partial charge on any atom is -0.487 e. The second kappa shape index (κ2) is 14.1. The van der Waals surface area contributed by atoms with Gasteiger partial charge in [-0.2, -0.15) is 13.2 Å². The van der Waals surface area contributed by atoms with Gasteiger partial charge in [-0.3, -0.25) is 4.84 Å². The lowest BCUT2D eigenvalue weighted by Crippen LogP contribution is -2.39. The number of ether oxygens (including phenoxy) is 3. The number of hydrogen-bond acceptors (Lipinski definition) is 8. The number of halogens is 3. The highest BCUT2D eigenvalue weighted by Crippen LogP contribution is 2.31. The molecular formula is C33H39F3N2O7. The van der Waals surface area contributed by atoms with E-state index in [9.17, 15) is 22.8 Å². The molecular weight excluding hydrogens is 593 g/mol. The second-order valence-corrected chi connectivity index (χ2v) is 12.1. The van der Waals surface area contributed by atoms with Crippen molar-refractivity contribution in [3.63, 3.8) is 0 Å². The maximum atomic E-state index is 12.9. The van der Waals surface area contributed by atoms with Crippen LogP contribution in [0.25, 0.3) is 17.0 Å². The lowest BCUT2D eigenvalue weighted by atomic mass is 10.0. The van der Waals surface area contributed by atoms with Crippen LogP contribution in [0.4, 0.5) is 22.8 Å². The summed E-state index contributed by atoms with van der Waals surface area (Å²) in [6.07, 6.45) is -4.00. The van der Waals surface area contributed by atoms with E-state index in [0.717, 1.165) is 28.3 Å². The molecule has 0 aliphatic rings. The summed E-state index contributed by atoms with van der Waals surface area (Å²) in [6, 6.07) is 11.8. The van der Waals surface area contributed by atoms with Crippen molar-refractivity contribution in [1.82, 2.24) is 10.0 Å². The highest BCUT2D eigenvalue weighted by atomic mass is 19.4. The molecule has 1 heterocycles. The monoisotopic (exact) mass is 632 g/mol. The Morgan fingerprint density at radius 2 is 1.60 bits per heavy atom. The van der Waals surface area contributed by atoms with E-state index in [4.69, 9.17) is 23.5 Å². The molecule has 1 aromatic heterocycles. The molecule has 0 atom stereocenters. The van der Waals surface area contributed by atoms with E-state index in [0.29, 0.717) is 29.2 Å². The number of nitrogens with zero attached hydrogens (tertiary/aromatic N) is 2. The molecule has 0 N–H and O–H groups in total. The summed E-state index contributed by atoms with van der Waals surface area (Å²) in [5.41, 5.74) is 0.142. The van der Waals surface area contributed by atoms with Gasteiger partial charge in [0.25, 0.3) is 0 Å². The molecule has 0 radical (unpaired) electrons. The maximum Gasteiger partial charge on any atom is 0.534 e. The van der Waals surface area contributed by atoms with E-state index >= 15 is 0 Å². The van der Waals surface area contributed by atoms with E-state index in [1.54, 1.807) is 66.7 Å². The first-order valence-electron chi connectivity index (χ1n) is 14.3. The van der Waals surface area contributed by atoms with Crippen molar-refractivity contribution >= 4 is 17.8 Å². The summed E-state index contributed by atoms with van der Waals surface area (Å²) >= 11 is 0. The number of rotatable bonds is 8. The van der Waals surface area contributed by atoms with Crippen LogP contribution in [-0.2, 0) is 27.1 Å². The smallest absolute Gasteiger partial charge is 0.487 e. The number of alkyl halides is 3. The van der Waals surface area contributed by atoms with Gasteiger partial charge in [0.1, 0.15) is 35.0 Å². The first-order chi connectivity index (χ1) is 20.8. The van der Waals surface area contributed by atoms with Crippen LogP contribution in [0.3, 0.4) is 0 Å². The Bertz CT molecular complexity index is 1500. The summed E-state index contributed by atoms with van der Waals surface area (Å²) in [5.74, 6) is 1.19. The third-order valence-electron chi connectivity index (χ3n) is 5.99. The molecule has 0 spiro atoms. The van der Waals surface area contributed by atoms with Crippen molar-refractivity contribution in [1.29, 1.82) is 0 Å². The van der Waals surface area contributed by atoms with Crippen molar-refractivity contribution in [3.8, 4) is 17.2 Å². The summed E-state index contributed by atoms with van der Waals surface area (Å²) < 4.78 is 61.0. The third-order valence-corrected chi connectivity index (χ3v) is 5.99. The molecule has 9 nitrogen and oxygen atoms in total. The molecule has 0 fully saturated rings. The van der Waals surface area contributed by atoms with Crippen LogP contribution in [0.15, 0.2) is 59.0 Å². The van der Waals surface area contributed by atoms with Gasteiger partial charge in [0.15, 0.2) is 0 Å². The fourth-order valence-electron chi connectivity index (χ4n) is 3.90. The molecule has 1 amide bonds. The van der Waals surface area contributed by atoms with Gasteiger partial charge in [-0.15, -0.1) is 5.06 Å². The molecule has 0 aliphatic heterocycles. The Hall–Kier alpha value is -4.48. The summed E-state index contributed by atoms with van der Waals surface area (Å²) in [6.45, 7) is 13.7. The Morgan fingerprint density at radius 1 is 0.956 bits per heavy atom. The topological polar surface area (TPSA) is 100 Å². The summed E-state index contributed by atoms with van der Waals surface area (Å²) in [4.78, 5) is 34.8. The second-order valence-electron chi connectivity index (χ2n) is 12.1. The molecule has 0 aliphatic carbocycles. The van der Waals surface area contributed by atoms with Gasteiger partial charge in [-0.1, -0.05) is 25.1 Å². The number of carbonyl (C=O) groups excluding carboxylic acids is 2. The minimum atomic E-state index is -4.43. The van der Waals surface area contributed by atoms with E-state index in [-0.39, 0.29) is 19.0 Å². The van der Waals surface area contributed by atoms with Crippen molar-refractivity contribution in [3.05, 3.63) is 77.2 Å². The zero-order valence-electron chi connectivity index (χ0n) is 26.7. The standard InChI is InChI=1S/C33H39F3N2O7/c1-9-22(17-18-38(29(39)43-31(3,4)5)45-30(40)44-32(6,7)8)24-11-10-12-26(19-24)41-20-27-21(2)42-28(37-27)23-13-15-25(16-14-23)33(34,35)36/h10-17,19H,9,18,20H2,1-8H3/b22-17+. The number of benzene rings is 2. The number of aromatic nitrogens is 1. The van der Waals surface area contributed by atoms with E-state index < -0.39 is 35.2 Å². The van der Waals surface area contributed by atoms with Crippen molar-refractivity contribution in [2.75, 3.05) is 6.54 Å². The molecule has 2 aromatic carbocycles. The molecule has 0 saturated carbocycles. The Labute approximate surface area is 260 Å². The first-order valence-corrected chi connectivity index (χ1v) is 14.3. The Morgan fingerprint density at radius 3 is 2.18 bits per heavy atom. The number of amides is 1. The fourth-order valence-corrected chi connectivity index (χ4v) is 3.90. The average molecular weight is 633 g/mol. The van der Waals surface area contributed by atoms with Crippen molar-refractivity contribution in [2.24, 2.45) is 0 Å². The van der Waals surface area contributed by atoms with Crippen molar-refractivity contribution in [2.45, 2.75) is 85.8 Å². The summed E-state index contributed by atoms with van der Waals surface area (Å²) in [5, 5.41) is 0.803. The maximum absolute atomic E-state index is 12.9. The van der Waals surface area contributed by atoms with Crippen LogP contribution < -0.4 is 4.74 Å². The lowest BCUT2D eigenvalue weighted by Gasteiger charge is -2.26. The van der Waals surface area contributed by atoms with Crippen LogP contribution in [0.2, 0.25) is 0 Å². The average Bonchev–Trinajstić information content (AvgIpc) is 3.29. The molecule has 45 heavy (non-hydrogen) atoms. The zero-order chi connectivity index (χ0) is 33.6. The molecule has 3 rings (SSSR count). The Kier molecular flexibility index (Phi) is 11.0. The third kappa shape index (κ3) is 10.9. The molecule has 3 aromatic rings. The number of aryl methyl sites for hydroxylation is 1. The van der Waals surface area contributed by atoms with Crippen LogP contribution in [-0.4, -0.2) is 40.0 Å². The highest BCUT2D eigenvalue weighted by molar-refractivity contribution is 5.72. The lowest BCUT2D eigenvalue weighted by molar-refractivity contribution is -0.137. The van der Waals surface area contributed by atoms with Gasteiger partial charge >= 0.3 is 18.4 Å². The van der Waals surface area contributed by atoms with Crippen molar-refractivity contribution < 1.29 is 46.2 Å². The molecule has 244 valence electrons.